The SMILES string of the molecule is CC(C)C[C@@H]1C[C@H]1c1cc(N)no1. The van der Waals surface area contributed by atoms with Crippen molar-refractivity contribution in [1.82, 2.24) is 5.16 Å². The minimum atomic E-state index is 0.505. The lowest BCUT2D eigenvalue weighted by Crippen LogP contribution is -1.90. The fourth-order valence-corrected chi connectivity index (χ4v) is 1.94. The molecule has 13 heavy (non-hydrogen) atoms. The van der Waals surface area contributed by atoms with Crippen molar-refractivity contribution in [2.24, 2.45) is 11.8 Å². The maximum Gasteiger partial charge on any atom is 0.167 e. The molecular weight excluding hydrogens is 164 g/mol. The Balaban J connectivity index is 1.92. The standard InChI is InChI=1S/C10H16N2O/c1-6(2)3-7-4-8(7)9-5-10(11)12-13-9/h5-8H,3-4H2,1-2H3,(H2,11,12)/t7-,8-/m1/s1. The largest absolute Gasteiger partial charge is 0.381 e. The third-order valence-electron chi connectivity index (χ3n) is 2.61. The van der Waals surface area contributed by atoms with E-state index in [-0.39, 0.29) is 0 Å². The third kappa shape index (κ3) is 1.85. The van der Waals surface area contributed by atoms with Gasteiger partial charge in [0.25, 0.3) is 0 Å². The Morgan fingerprint density at radius 2 is 2.46 bits per heavy atom. The van der Waals surface area contributed by atoms with Gasteiger partial charge in [0.05, 0.1) is 0 Å². The average Bonchev–Trinajstić information content (AvgIpc) is 2.63. The molecular formula is C10H16N2O. The second kappa shape index (κ2) is 3.05. The molecule has 1 aliphatic rings. The van der Waals surface area contributed by atoms with Crippen LogP contribution in [0.25, 0.3) is 0 Å². The normalized spacial score (nSPS) is 26.7. The molecule has 2 N–H and O–H groups in total. The maximum absolute atomic E-state index is 5.49. The Hall–Kier alpha value is -0.990. The lowest BCUT2D eigenvalue weighted by molar-refractivity contribution is 0.379. The fourth-order valence-electron chi connectivity index (χ4n) is 1.94. The van der Waals surface area contributed by atoms with E-state index < -0.39 is 0 Å². The van der Waals surface area contributed by atoms with Crippen molar-refractivity contribution in [3.05, 3.63) is 11.8 Å². The Morgan fingerprint density at radius 1 is 1.69 bits per heavy atom. The van der Waals surface area contributed by atoms with E-state index in [4.69, 9.17) is 10.3 Å². The summed E-state index contributed by atoms with van der Waals surface area (Å²) in [5.41, 5.74) is 5.49. The van der Waals surface area contributed by atoms with Crippen molar-refractivity contribution in [3.63, 3.8) is 0 Å². The van der Waals surface area contributed by atoms with Gasteiger partial charge in [-0.15, -0.1) is 0 Å². The molecule has 2 rings (SSSR count). The van der Waals surface area contributed by atoms with Crippen molar-refractivity contribution in [2.45, 2.75) is 32.6 Å². The van der Waals surface area contributed by atoms with E-state index in [1.165, 1.54) is 12.8 Å². The van der Waals surface area contributed by atoms with Crippen LogP contribution in [0.4, 0.5) is 5.82 Å². The minimum absolute atomic E-state index is 0.505. The van der Waals surface area contributed by atoms with Crippen LogP contribution in [-0.4, -0.2) is 5.16 Å². The first-order valence-electron chi connectivity index (χ1n) is 4.89. The van der Waals surface area contributed by atoms with Crippen LogP contribution < -0.4 is 5.73 Å². The number of nitrogens with zero attached hydrogens (tertiary/aromatic N) is 1. The van der Waals surface area contributed by atoms with Crippen LogP contribution in [0.5, 0.6) is 0 Å². The molecule has 1 aliphatic carbocycles. The van der Waals surface area contributed by atoms with Crippen LogP contribution in [0, 0.1) is 11.8 Å². The van der Waals surface area contributed by atoms with Gasteiger partial charge in [0, 0.05) is 12.0 Å². The predicted octanol–water partition coefficient (Wildman–Crippen LogP) is 2.41. The zero-order valence-electron chi connectivity index (χ0n) is 8.16. The molecule has 1 aromatic heterocycles. The molecule has 72 valence electrons. The van der Waals surface area contributed by atoms with Gasteiger partial charge in [0.1, 0.15) is 5.76 Å². The van der Waals surface area contributed by atoms with Gasteiger partial charge in [0.15, 0.2) is 5.82 Å². The molecule has 0 bridgehead atoms. The smallest absolute Gasteiger partial charge is 0.167 e. The molecule has 1 fully saturated rings. The molecule has 3 nitrogen and oxygen atoms in total. The van der Waals surface area contributed by atoms with Gasteiger partial charge < -0.3 is 10.3 Å². The second-order valence-electron chi connectivity index (χ2n) is 4.39. The van der Waals surface area contributed by atoms with E-state index in [1.54, 1.807) is 0 Å². The van der Waals surface area contributed by atoms with E-state index >= 15 is 0 Å². The van der Waals surface area contributed by atoms with Gasteiger partial charge in [0.2, 0.25) is 0 Å². The van der Waals surface area contributed by atoms with Gasteiger partial charge in [-0.2, -0.15) is 0 Å². The number of rotatable bonds is 3. The molecule has 3 heteroatoms. The Morgan fingerprint density at radius 3 is 3.00 bits per heavy atom. The Bertz CT molecular complexity index is 293. The number of aromatic nitrogens is 1. The summed E-state index contributed by atoms with van der Waals surface area (Å²) < 4.78 is 5.13. The zero-order chi connectivity index (χ0) is 9.42. The van der Waals surface area contributed by atoms with Crippen molar-refractivity contribution in [2.75, 3.05) is 5.73 Å². The molecule has 0 spiro atoms. The van der Waals surface area contributed by atoms with Crippen molar-refractivity contribution in [3.8, 4) is 0 Å². The first-order chi connectivity index (χ1) is 6.16. The van der Waals surface area contributed by atoms with Gasteiger partial charge in [-0.05, 0) is 24.7 Å². The lowest BCUT2D eigenvalue weighted by atomic mass is 10.1. The Kier molecular flexibility index (Phi) is 2.02. The van der Waals surface area contributed by atoms with Crippen molar-refractivity contribution < 1.29 is 4.52 Å². The first-order valence-corrected chi connectivity index (χ1v) is 4.89. The number of anilines is 1. The van der Waals surface area contributed by atoms with E-state index in [0.29, 0.717) is 11.7 Å². The third-order valence-corrected chi connectivity index (χ3v) is 2.61. The highest BCUT2D eigenvalue weighted by molar-refractivity contribution is 5.30. The van der Waals surface area contributed by atoms with Crippen LogP contribution >= 0.6 is 0 Å². The van der Waals surface area contributed by atoms with Gasteiger partial charge >= 0.3 is 0 Å². The first kappa shape index (κ1) is 8.60. The molecule has 1 heterocycles. The summed E-state index contributed by atoms with van der Waals surface area (Å²) >= 11 is 0. The molecule has 1 saturated carbocycles. The average molecular weight is 180 g/mol. The topological polar surface area (TPSA) is 52.0 Å². The Labute approximate surface area is 78.3 Å². The van der Waals surface area contributed by atoms with E-state index in [2.05, 4.69) is 19.0 Å². The molecule has 0 radical (unpaired) electrons. The van der Waals surface area contributed by atoms with Crippen LogP contribution in [0.15, 0.2) is 10.6 Å². The molecule has 2 atom stereocenters. The fraction of sp³-hybridized carbons (Fsp3) is 0.700. The summed E-state index contributed by atoms with van der Waals surface area (Å²) in [6, 6.07) is 1.85. The summed E-state index contributed by atoms with van der Waals surface area (Å²) in [7, 11) is 0. The van der Waals surface area contributed by atoms with E-state index in [1.807, 2.05) is 6.07 Å². The highest BCUT2D eigenvalue weighted by atomic mass is 16.5. The summed E-state index contributed by atoms with van der Waals surface area (Å²) in [4.78, 5) is 0. The number of nitrogen functional groups attached to an aromatic ring is 1. The summed E-state index contributed by atoms with van der Waals surface area (Å²) in [5, 5.41) is 3.69. The second-order valence-corrected chi connectivity index (χ2v) is 4.39. The number of nitrogens with two attached hydrogens (primary N) is 1. The van der Waals surface area contributed by atoms with Crippen molar-refractivity contribution >= 4 is 5.82 Å². The van der Waals surface area contributed by atoms with Gasteiger partial charge in [-0.3, -0.25) is 0 Å². The van der Waals surface area contributed by atoms with Gasteiger partial charge in [-0.25, -0.2) is 0 Å². The van der Waals surface area contributed by atoms with Crippen LogP contribution in [0.1, 0.15) is 38.4 Å². The van der Waals surface area contributed by atoms with Crippen LogP contribution in [0.2, 0.25) is 0 Å². The molecule has 0 saturated heterocycles. The number of hydrogen-bond donors (Lipinski definition) is 1. The quantitative estimate of drug-likeness (QED) is 0.777. The lowest BCUT2D eigenvalue weighted by Gasteiger charge is -2.00. The molecule has 0 aliphatic heterocycles. The minimum Gasteiger partial charge on any atom is -0.381 e. The number of hydrogen-bond acceptors (Lipinski definition) is 3. The molecule has 1 aromatic rings. The summed E-state index contributed by atoms with van der Waals surface area (Å²) in [5.74, 6) is 3.64. The molecule has 0 amide bonds. The van der Waals surface area contributed by atoms with Crippen LogP contribution in [0.3, 0.4) is 0 Å². The van der Waals surface area contributed by atoms with Gasteiger partial charge in [-0.1, -0.05) is 19.0 Å². The maximum atomic E-state index is 5.49. The highest BCUT2D eigenvalue weighted by Gasteiger charge is 2.41. The van der Waals surface area contributed by atoms with Crippen molar-refractivity contribution in [1.29, 1.82) is 0 Å². The zero-order valence-corrected chi connectivity index (χ0v) is 8.16. The van der Waals surface area contributed by atoms with Crippen LogP contribution in [-0.2, 0) is 0 Å². The van der Waals surface area contributed by atoms with E-state index in [9.17, 15) is 0 Å². The predicted molar refractivity (Wildman–Crippen MR) is 51.2 cm³/mol. The highest BCUT2D eigenvalue weighted by Crippen LogP contribution is 2.50. The van der Waals surface area contributed by atoms with E-state index in [0.717, 1.165) is 17.6 Å². The molecule has 0 aromatic carbocycles. The monoisotopic (exact) mass is 180 g/mol. The summed E-state index contributed by atoms with van der Waals surface area (Å²) in [6.07, 6.45) is 2.53. The summed E-state index contributed by atoms with van der Waals surface area (Å²) in [6.45, 7) is 4.51. The molecule has 0 unspecified atom stereocenters.